The summed E-state index contributed by atoms with van der Waals surface area (Å²) in [6.07, 6.45) is 0. The number of hydrogen-bond donors (Lipinski definition) is 1. The van der Waals surface area contributed by atoms with Gasteiger partial charge in [0.1, 0.15) is 18.2 Å². The van der Waals surface area contributed by atoms with Crippen molar-refractivity contribution in [3.8, 4) is 5.75 Å². The fraction of sp³-hybridized carbons (Fsp3) is 0.200. The Bertz CT molecular complexity index is 546. The zero-order chi connectivity index (χ0) is 13.1. The molecule has 0 atom stereocenters. The molecule has 0 aliphatic carbocycles. The van der Waals surface area contributed by atoms with E-state index in [2.05, 4.69) is 6.07 Å². The Kier molecular flexibility index (Phi) is 3.51. The van der Waals surface area contributed by atoms with Crippen molar-refractivity contribution in [2.45, 2.75) is 20.5 Å². The van der Waals surface area contributed by atoms with Crippen LogP contribution in [0.4, 0.5) is 10.1 Å². The van der Waals surface area contributed by atoms with Crippen molar-refractivity contribution in [2.24, 2.45) is 0 Å². The number of rotatable bonds is 3. The second kappa shape index (κ2) is 5.08. The fourth-order valence-electron chi connectivity index (χ4n) is 1.86. The molecule has 3 heteroatoms. The Hall–Kier alpha value is -2.03. The summed E-state index contributed by atoms with van der Waals surface area (Å²) in [5, 5.41) is 0. The molecule has 2 N–H and O–H groups in total. The molecule has 0 unspecified atom stereocenters. The van der Waals surface area contributed by atoms with E-state index in [1.165, 1.54) is 6.07 Å². The van der Waals surface area contributed by atoms with Gasteiger partial charge < -0.3 is 10.5 Å². The van der Waals surface area contributed by atoms with Crippen LogP contribution in [0.3, 0.4) is 0 Å². The summed E-state index contributed by atoms with van der Waals surface area (Å²) in [6.45, 7) is 4.21. The summed E-state index contributed by atoms with van der Waals surface area (Å²) in [7, 11) is 0. The minimum atomic E-state index is -0.334. The Balaban J connectivity index is 2.11. The highest BCUT2D eigenvalue weighted by atomic mass is 19.1. The van der Waals surface area contributed by atoms with Gasteiger partial charge in [-0.1, -0.05) is 12.1 Å². The van der Waals surface area contributed by atoms with Gasteiger partial charge >= 0.3 is 0 Å². The molecule has 0 aromatic heterocycles. The summed E-state index contributed by atoms with van der Waals surface area (Å²) >= 11 is 0. The number of nitrogen functional groups attached to an aromatic ring is 1. The molecule has 0 heterocycles. The standard InChI is InChI=1S/C15H16FNO/c1-10-5-11(2)7-14(6-10)18-9-12-3-4-13(17)8-15(12)16/h3-8H,9,17H2,1-2H3. The average Bonchev–Trinajstić information content (AvgIpc) is 2.26. The zero-order valence-electron chi connectivity index (χ0n) is 10.5. The van der Waals surface area contributed by atoms with E-state index < -0.39 is 0 Å². The van der Waals surface area contributed by atoms with Gasteiger partial charge in [-0.3, -0.25) is 0 Å². The third-order valence-corrected chi connectivity index (χ3v) is 2.67. The third-order valence-electron chi connectivity index (χ3n) is 2.67. The average molecular weight is 245 g/mol. The van der Waals surface area contributed by atoms with Crippen LogP contribution in [0, 0.1) is 19.7 Å². The first-order valence-corrected chi connectivity index (χ1v) is 5.79. The molecule has 0 radical (unpaired) electrons. The van der Waals surface area contributed by atoms with Crippen molar-refractivity contribution in [2.75, 3.05) is 5.73 Å². The molecule has 18 heavy (non-hydrogen) atoms. The van der Waals surface area contributed by atoms with Gasteiger partial charge in [0.25, 0.3) is 0 Å². The number of aryl methyl sites for hydroxylation is 2. The van der Waals surface area contributed by atoms with Crippen molar-refractivity contribution in [1.29, 1.82) is 0 Å². The molecule has 0 bridgehead atoms. The van der Waals surface area contributed by atoms with Crippen molar-refractivity contribution < 1.29 is 9.13 Å². The minimum Gasteiger partial charge on any atom is -0.489 e. The van der Waals surface area contributed by atoms with E-state index in [-0.39, 0.29) is 12.4 Å². The van der Waals surface area contributed by atoms with E-state index >= 15 is 0 Å². The smallest absolute Gasteiger partial charge is 0.131 e. The normalized spacial score (nSPS) is 10.4. The summed E-state index contributed by atoms with van der Waals surface area (Å²) in [6, 6.07) is 10.6. The van der Waals surface area contributed by atoms with Gasteiger partial charge in [-0.25, -0.2) is 4.39 Å². The number of anilines is 1. The van der Waals surface area contributed by atoms with E-state index in [1.807, 2.05) is 26.0 Å². The maximum Gasteiger partial charge on any atom is 0.131 e. The summed E-state index contributed by atoms with van der Waals surface area (Å²) in [5.41, 5.74) is 8.67. The molecule has 0 spiro atoms. The fourth-order valence-corrected chi connectivity index (χ4v) is 1.86. The van der Waals surface area contributed by atoms with Gasteiger partial charge in [-0.15, -0.1) is 0 Å². The van der Waals surface area contributed by atoms with E-state index in [9.17, 15) is 4.39 Å². The second-order valence-electron chi connectivity index (χ2n) is 4.46. The molecular weight excluding hydrogens is 229 g/mol. The number of ether oxygens (including phenoxy) is 1. The monoisotopic (exact) mass is 245 g/mol. The molecule has 94 valence electrons. The molecule has 2 rings (SSSR count). The first-order valence-electron chi connectivity index (χ1n) is 5.79. The lowest BCUT2D eigenvalue weighted by Crippen LogP contribution is -2.00. The maximum absolute atomic E-state index is 13.6. The lowest BCUT2D eigenvalue weighted by atomic mass is 10.1. The predicted molar refractivity (Wildman–Crippen MR) is 71.1 cm³/mol. The van der Waals surface area contributed by atoms with Gasteiger partial charge in [0, 0.05) is 11.3 Å². The van der Waals surface area contributed by atoms with Crippen molar-refractivity contribution in [1.82, 2.24) is 0 Å². The first-order chi connectivity index (χ1) is 8.54. The van der Waals surface area contributed by atoms with Crippen LogP contribution in [-0.4, -0.2) is 0 Å². The van der Waals surface area contributed by atoms with Gasteiger partial charge in [-0.2, -0.15) is 0 Å². The lowest BCUT2D eigenvalue weighted by Gasteiger charge is -2.09. The Labute approximate surface area is 106 Å². The summed E-state index contributed by atoms with van der Waals surface area (Å²) in [5.74, 6) is 0.420. The zero-order valence-corrected chi connectivity index (χ0v) is 10.5. The summed E-state index contributed by atoms with van der Waals surface area (Å²) in [4.78, 5) is 0. The maximum atomic E-state index is 13.6. The van der Waals surface area contributed by atoms with Gasteiger partial charge in [0.05, 0.1) is 0 Å². The van der Waals surface area contributed by atoms with E-state index in [1.54, 1.807) is 12.1 Å². The number of benzene rings is 2. The quantitative estimate of drug-likeness (QED) is 0.838. The highest BCUT2D eigenvalue weighted by molar-refractivity contribution is 5.40. The Morgan fingerprint density at radius 2 is 1.72 bits per heavy atom. The minimum absolute atomic E-state index is 0.203. The molecule has 2 aromatic rings. The molecule has 0 fully saturated rings. The van der Waals surface area contributed by atoms with Gasteiger partial charge in [0.15, 0.2) is 0 Å². The number of nitrogens with two attached hydrogens (primary N) is 1. The Morgan fingerprint density at radius 3 is 2.33 bits per heavy atom. The molecule has 2 nitrogen and oxygen atoms in total. The number of hydrogen-bond acceptors (Lipinski definition) is 2. The number of halogens is 1. The van der Waals surface area contributed by atoms with Crippen LogP contribution >= 0.6 is 0 Å². The summed E-state index contributed by atoms with van der Waals surface area (Å²) < 4.78 is 19.1. The van der Waals surface area contributed by atoms with Crippen LogP contribution in [0.25, 0.3) is 0 Å². The molecule has 0 amide bonds. The third kappa shape index (κ3) is 3.00. The van der Waals surface area contributed by atoms with Crippen LogP contribution in [-0.2, 0) is 6.61 Å². The van der Waals surface area contributed by atoms with Crippen LogP contribution in [0.1, 0.15) is 16.7 Å². The molecular formula is C15H16FNO. The van der Waals surface area contributed by atoms with Crippen LogP contribution < -0.4 is 10.5 Å². The molecule has 0 saturated carbocycles. The van der Waals surface area contributed by atoms with Crippen LogP contribution in [0.2, 0.25) is 0 Å². The molecule has 2 aromatic carbocycles. The van der Waals surface area contributed by atoms with E-state index in [4.69, 9.17) is 10.5 Å². The van der Waals surface area contributed by atoms with Crippen molar-refractivity contribution in [3.63, 3.8) is 0 Å². The highest BCUT2D eigenvalue weighted by Crippen LogP contribution is 2.19. The predicted octanol–water partition coefficient (Wildman–Crippen LogP) is 3.60. The van der Waals surface area contributed by atoms with Crippen LogP contribution in [0.15, 0.2) is 36.4 Å². The van der Waals surface area contributed by atoms with Crippen molar-refractivity contribution in [3.05, 3.63) is 58.9 Å². The van der Waals surface area contributed by atoms with E-state index in [0.29, 0.717) is 11.3 Å². The lowest BCUT2D eigenvalue weighted by molar-refractivity contribution is 0.299. The molecule has 0 aliphatic rings. The van der Waals surface area contributed by atoms with Gasteiger partial charge in [0.2, 0.25) is 0 Å². The molecule has 0 aliphatic heterocycles. The Morgan fingerprint density at radius 1 is 1.06 bits per heavy atom. The van der Waals surface area contributed by atoms with Gasteiger partial charge in [-0.05, 0) is 49.2 Å². The SMILES string of the molecule is Cc1cc(C)cc(OCc2ccc(N)cc2F)c1. The topological polar surface area (TPSA) is 35.2 Å². The van der Waals surface area contributed by atoms with E-state index in [0.717, 1.165) is 16.9 Å². The van der Waals surface area contributed by atoms with Crippen molar-refractivity contribution >= 4 is 5.69 Å². The first kappa shape index (κ1) is 12.4. The second-order valence-corrected chi connectivity index (χ2v) is 4.46. The largest absolute Gasteiger partial charge is 0.489 e. The van der Waals surface area contributed by atoms with Crippen LogP contribution in [0.5, 0.6) is 5.75 Å². The highest BCUT2D eigenvalue weighted by Gasteiger charge is 2.04. The molecule has 0 saturated heterocycles.